The first-order valence-corrected chi connectivity index (χ1v) is 8.43. The smallest absolute Gasteiger partial charge is 0.236 e. The lowest BCUT2D eigenvalue weighted by atomic mass is 10.1. The van der Waals surface area contributed by atoms with E-state index in [0.717, 1.165) is 18.2 Å². The highest BCUT2D eigenvalue weighted by atomic mass is 16.2. The van der Waals surface area contributed by atoms with Gasteiger partial charge in [-0.05, 0) is 50.4 Å². The van der Waals surface area contributed by atoms with Gasteiger partial charge in [-0.15, -0.1) is 0 Å². The molecule has 6 nitrogen and oxygen atoms in total. The van der Waals surface area contributed by atoms with Crippen molar-refractivity contribution in [1.82, 2.24) is 24.6 Å². The summed E-state index contributed by atoms with van der Waals surface area (Å²) in [6.07, 6.45) is 5.73. The largest absolute Gasteiger partial charge is 0.344 e. The van der Waals surface area contributed by atoms with Crippen molar-refractivity contribution in [2.75, 3.05) is 27.2 Å². The van der Waals surface area contributed by atoms with E-state index in [0.29, 0.717) is 6.54 Å². The van der Waals surface area contributed by atoms with Crippen LogP contribution in [0.5, 0.6) is 0 Å². The molecule has 1 amide bonds. The van der Waals surface area contributed by atoms with Gasteiger partial charge in [-0.2, -0.15) is 5.10 Å². The van der Waals surface area contributed by atoms with E-state index in [2.05, 4.69) is 34.0 Å². The zero-order chi connectivity index (χ0) is 17.1. The summed E-state index contributed by atoms with van der Waals surface area (Å²) in [5.74, 6) is 0.918. The van der Waals surface area contributed by atoms with Gasteiger partial charge in [0.1, 0.15) is 12.7 Å². The molecule has 0 aliphatic heterocycles. The maximum absolute atomic E-state index is 12.3. The zero-order valence-electron chi connectivity index (χ0n) is 14.6. The number of likely N-dealkylation sites (N-methyl/N-ethyl adjacent to an activating group) is 2. The molecule has 1 fully saturated rings. The molecule has 1 saturated carbocycles. The molecule has 1 aromatic carbocycles. The summed E-state index contributed by atoms with van der Waals surface area (Å²) in [6.45, 7) is 3.46. The molecule has 2 aromatic rings. The number of rotatable bonds is 7. The van der Waals surface area contributed by atoms with Crippen LogP contribution in [0.4, 0.5) is 0 Å². The first kappa shape index (κ1) is 16.6. The fourth-order valence-electron chi connectivity index (χ4n) is 2.76. The molecule has 0 spiro atoms. The van der Waals surface area contributed by atoms with E-state index in [1.165, 1.54) is 24.7 Å². The van der Waals surface area contributed by atoms with Gasteiger partial charge in [0.2, 0.25) is 5.91 Å². The number of hydrogen-bond donors (Lipinski definition) is 0. The first-order chi connectivity index (χ1) is 11.5. The van der Waals surface area contributed by atoms with Gasteiger partial charge in [-0.3, -0.25) is 9.69 Å². The zero-order valence-corrected chi connectivity index (χ0v) is 14.6. The van der Waals surface area contributed by atoms with Gasteiger partial charge in [0.25, 0.3) is 0 Å². The number of hydrogen-bond acceptors (Lipinski definition) is 4. The maximum Gasteiger partial charge on any atom is 0.236 e. The van der Waals surface area contributed by atoms with Crippen LogP contribution in [0, 0.1) is 5.92 Å². The van der Waals surface area contributed by atoms with Crippen molar-refractivity contribution in [3.8, 4) is 5.69 Å². The molecule has 1 aliphatic carbocycles. The molecule has 0 radical (unpaired) electrons. The second kappa shape index (κ2) is 7.13. The van der Waals surface area contributed by atoms with E-state index >= 15 is 0 Å². The van der Waals surface area contributed by atoms with Crippen LogP contribution < -0.4 is 0 Å². The molecule has 6 heteroatoms. The van der Waals surface area contributed by atoms with Crippen LogP contribution in [0.3, 0.4) is 0 Å². The normalized spacial score (nSPS) is 15.5. The van der Waals surface area contributed by atoms with E-state index in [1.54, 1.807) is 11.0 Å². The van der Waals surface area contributed by atoms with E-state index < -0.39 is 0 Å². The summed E-state index contributed by atoms with van der Waals surface area (Å²) >= 11 is 0. The maximum atomic E-state index is 12.3. The Bertz CT molecular complexity index is 663. The summed E-state index contributed by atoms with van der Waals surface area (Å²) < 4.78 is 1.73. The Balaban J connectivity index is 1.58. The van der Waals surface area contributed by atoms with Gasteiger partial charge in [-0.25, -0.2) is 9.67 Å². The molecule has 0 saturated heterocycles. The number of carbonyl (C=O) groups excluding carboxylic acids is 1. The summed E-state index contributed by atoms with van der Waals surface area (Å²) in [6, 6.07) is 8.38. The first-order valence-electron chi connectivity index (χ1n) is 8.43. The van der Waals surface area contributed by atoms with E-state index in [1.807, 2.05) is 31.1 Å². The van der Waals surface area contributed by atoms with Crippen molar-refractivity contribution in [2.24, 2.45) is 5.92 Å². The average Bonchev–Trinajstić information content (AvgIpc) is 3.23. The SMILES string of the molecule is CC(c1ccc(-n2cncn2)cc1)N(C)CC(=O)N(C)CC1CC1. The molecule has 24 heavy (non-hydrogen) atoms. The predicted octanol–water partition coefficient (Wildman–Crippen LogP) is 2.13. The van der Waals surface area contributed by atoms with Crippen LogP contribution in [0.25, 0.3) is 5.69 Å². The Hall–Kier alpha value is -2.21. The molecule has 3 rings (SSSR count). The molecule has 1 unspecified atom stereocenters. The lowest BCUT2D eigenvalue weighted by Crippen LogP contribution is -2.38. The topological polar surface area (TPSA) is 54.3 Å². The number of amides is 1. The Kier molecular flexibility index (Phi) is 4.94. The van der Waals surface area contributed by atoms with E-state index in [4.69, 9.17) is 0 Å². The van der Waals surface area contributed by atoms with Crippen molar-refractivity contribution >= 4 is 5.91 Å². The highest BCUT2D eigenvalue weighted by Crippen LogP contribution is 2.29. The van der Waals surface area contributed by atoms with Crippen LogP contribution in [0.2, 0.25) is 0 Å². The average molecular weight is 327 g/mol. The van der Waals surface area contributed by atoms with Gasteiger partial charge < -0.3 is 4.90 Å². The van der Waals surface area contributed by atoms with Gasteiger partial charge >= 0.3 is 0 Å². The molecule has 0 N–H and O–H groups in total. The standard InChI is InChI=1S/C18H25N5O/c1-14(21(2)11-18(24)22(3)10-15-4-5-15)16-6-8-17(9-7-16)23-13-19-12-20-23/h6-9,12-15H,4-5,10-11H2,1-3H3. The fraction of sp³-hybridized carbons (Fsp3) is 0.500. The number of carbonyl (C=O) groups is 1. The summed E-state index contributed by atoms with van der Waals surface area (Å²) in [4.78, 5) is 20.3. The van der Waals surface area contributed by atoms with Gasteiger partial charge in [0.15, 0.2) is 0 Å². The van der Waals surface area contributed by atoms with Gasteiger partial charge in [-0.1, -0.05) is 12.1 Å². The van der Waals surface area contributed by atoms with Crippen LogP contribution in [-0.4, -0.2) is 57.7 Å². The van der Waals surface area contributed by atoms with Gasteiger partial charge in [0, 0.05) is 19.6 Å². The quantitative estimate of drug-likeness (QED) is 0.782. The molecule has 1 aromatic heterocycles. The third-order valence-corrected chi connectivity index (χ3v) is 4.76. The van der Waals surface area contributed by atoms with Crippen molar-refractivity contribution in [2.45, 2.75) is 25.8 Å². The van der Waals surface area contributed by atoms with Crippen molar-refractivity contribution in [1.29, 1.82) is 0 Å². The number of benzene rings is 1. The molecule has 128 valence electrons. The van der Waals surface area contributed by atoms with E-state index in [9.17, 15) is 4.79 Å². The molecule has 1 aliphatic rings. The fourth-order valence-corrected chi connectivity index (χ4v) is 2.76. The van der Waals surface area contributed by atoms with Crippen LogP contribution in [-0.2, 0) is 4.79 Å². The lowest BCUT2D eigenvalue weighted by molar-refractivity contribution is -0.131. The van der Waals surface area contributed by atoms with Gasteiger partial charge in [0.05, 0.1) is 12.2 Å². The second-order valence-electron chi connectivity index (χ2n) is 6.74. The third-order valence-electron chi connectivity index (χ3n) is 4.76. The Labute approximate surface area is 143 Å². The summed E-state index contributed by atoms with van der Waals surface area (Å²) in [5, 5.41) is 4.13. The number of aromatic nitrogens is 3. The minimum atomic E-state index is 0.174. The molecular formula is C18H25N5O. The molecule has 1 heterocycles. The minimum absolute atomic E-state index is 0.174. The Morgan fingerprint density at radius 3 is 2.58 bits per heavy atom. The van der Waals surface area contributed by atoms with E-state index in [-0.39, 0.29) is 11.9 Å². The van der Waals surface area contributed by atoms with Crippen molar-refractivity contribution in [3.05, 3.63) is 42.5 Å². The van der Waals surface area contributed by atoms with Crippen LogP contribution in [0.1, 0.15) is 31.4 Å². The predicted molar refractivity (Wildman–Crippen MR) is 92.8 cm³/mol. The molecule has 1 atom stereocenters. The minimum Gasteiger partial charge on any atom is -0.344 e. The monoisotopic (exact) mass is 327 g/mol. The third kappa shape index (κ3) is 4.00. The lowest BCUT2D eigenvalue weighted by Gasteiger charge is -2.27. The highest BCUT2D eigenvalue weighted by molar-refractivity contribution is 5.78. The summed E-state index contributed by atoms with van der Waals surface area (Å²) in [5.41, 5.74) is 2.16. The van der Waals surface area contributed by atoms with Crippen LogP contribution >= 0.6 is 0 Å². The molecular weight excluding hydrogens is 302 g/mol. The van der Waals surface area contributed by atoms with Crippen LogP contribution in [0.15, 0.2) is 36.9 Å². The van der Waals surface area contributed by atoms with Crippen molar-refractivity contribution in [3.63, 3.8) is 0 Å². The van der Waals surface area contributed by atoms with Crippen molar-refractivity contribution < 1.29 is 4.79 Å². The molecule has 0 bridgehead atoms. The number of nitrogens with zero attached hydrogens (tertiary/aromatic N) is 5. The second-order valence-corrected chi connectivity index (χ2v) is 6.74. The summed E-state index contributed by atoms with van der Waals surface area (Å²) in [7, 11) is 3.91. The Morgan fingerprint density at radius 2 is 2.00 bits per heavy atom. The highest BCUT2D eigenvalue weighted by Gasteiger charge is 2.25. The Morgan fingerprint density at radius 1 is 1.29 bits per heavy atom.